The van der Waals surface area contributed by atoms with Crippen molar-refractivity contribution in [2.75, 3.05) is 39.0 Å². The summed E-state index contributed by atoms with van der Waals surface area (Å²) in [6, 6.07) is 1.18. The second-order valence-electron chi connectivity index (χ2n) is 5.71. The molecule has 19 heavy (non-hydrogen) atoms. The fourth-order valence-electron chi connectivity index (χ4n) is 3.42. The van der Waals surface area contributed by atoms with Crippen molar-refractivity contribution in [2.45, 2.75) is 44.7 Å². The van der Waals surface area contributed by atoms with Crippen molar-refractivity contribution in [1.29, 1.82) is 0 Å². The van der Waals surface area contributed by atoms with Crippen LogP contribution in [0.5, 0.6) is 0 Å². The van der Waals surface area contributed by atoms with Crippen molar-refractivity contribution in [3.63, 3.8) is 0 Å². The number of nitrogens with zero attached hydrogens (tertiary/aromatic N) is 2. The Labute approximate surface area is 117 Å². The third kappa shape index (κ3) is 3.90. The Hall–Kier alpha value is -0.170. The van der Waals surface area contributed by atoms with E-state index in [1.807, 2.05) is 0 Å². The highest BCUT2D eigenvalue weighted by molar-refractivity contribution is 7.88. The molecule has 1 saturated carbocycles. The zero-order valence-corrected chi connectivity index (χ0v) is 13.0. The van der Waals surface area contributed by atoms with Crippen LogP contribution in [0.15, 0.2) is 0 Å². The molecule has 2 atom stereocenters. The summed E-state index contributed by atoms with van der Waals surface area (Å²) >= 11 is 0. The molecule has 0 bridgehead atoms. The molecular weight excluding hydrogens is 262 g/mol. The molecule has 1 aliphatic heterocycles. The van der Waals surface area contributed by atoms with Crippen LogP contribution in [0.4, 0.5) is 0 Å². The Kier molecular flexibility index (Phi) is 5.22. The van der Waals surface area contributed by atoms with Crippen LogP contribution in [0, 0.1) is 0 Å². The highest BCUT2D eigenvalue weighted by Crippen LogP contribution is 2.24. The second kappa shape index (κ2) is 6.52. The summed E-state index contributed by atoms with van der Waals surface area (Å²) in [4.78, 5) is 2.49. The van der Waals surface area contributed by atoms with Gasteiger partial charge in [0.05, 0.1) is 6.26 Å². The van der Waals surface area contributed by atoms with Crippen molar-refractivity contribution in [3.05, 3.63) is 0 Å². The minimum absolute atomic E-state index is 0.587. The van der Waals surface area contributed by atoms with E-state index in [0.29, 0.717) is 25.2 Å². The van der Waals surface area contributed by atoms with E-state index in [0.717, 1.165) is 19.6 Å². The average Bonchev–Trinajstić information content (AvgIpc) is 2.39. The van der Waals surface area contributed by atoms with Crippen LogP contribution in [0.25, 0.3) is 0 Å². The van der Waals surface area contributed by atoms with Crippen LogP contribution in [-0.4, -0.2) is 68.7 Å². The van der Waals surface area contributed by atoms with E-state index in [1.54, 1.807) is 4.31 Å². The van der Waals surface area contributed by atoms with Crippen LogP contribution in [0.2, 0.25) is 0 Å². The molecule has 5 nitrogen and oxygen atoms in total. The first-order valence-corrected chi connectivity index (χ1v) is 9.29. The SMILES string of the molecule is CCNC1CCCCC1N1CCN(S(C)(=O)=O)CC1. The molecule has 1 aliphatic carbocycles. The van der Waals surface area contributed by atoms with Gasteiger partial charge in [-0.05, 0) is 19.4 Å². The molecule has 0 aromatic heterocycles. The van der Waals surface area contributed by atoms with Gasteiger partial charge in [0.15, 0.2) is 0 Å². The average molecular weight is 289 g/mol. The first-order chi connectivity index (χ1) is 9.02. The molecule has 2 aliphatic rings. The van der Waals surface area contributed by atoms with Gasteiger partial charge in [-0.1, -0.05) is 19.8 Å². The lowest BCUT2D eigenvalue weighted by atomic mass is 9.88. The zero-order valence-electron chi connectivity index (χ0n) is 12.1. The minimum Gasteiger partial charge on any atom is -0.313 e. The van der Waals surface area contributed by atoms with Crippen LogP contribution in [0.3, 0.4) is 0 Å². The second-order valence-corrected chi connectivity index (χ2v) is 7.70. The van der Waals surface area contributed by atoms with Crippen molar-refractivity contribution < 1.29 is 8.42 Å². The summed E-state index contributed by atoms with van der Waals surface area (Å²) in [5, 5.41) is 3.60. The van der Waals surface area contributed by atoms with Gasteiger partial charge in [-0.25, -0.2) is 8.42 Å². The molecule has 6 heteroatoms. The lowest BCUT2D eigenvalue weighted by molar-refractivity contribution is 0.0875. The summed E-state index contributed by atoms with van der Waals surface area (Å²) in [6.07, 6.45) is 6.43. The highest BCUT2D eigenvalue weighted by atomic mass is 32.2. The molecule has 1 saturated heterocycles. The third-order valence-electron chi connectivity index (χ3n) is 4.41. The molecule has 0 spiro atoms. The number of hydrogen-bond donors (Lipinski definition) is 1. The summed E-state index contributed by atoms with van der Waals surface area (Å²) in [5.41, 5.74) is 0. The number of rotatable bonds is 4. The number of hydrogen-bond acceptors (Lipinski definition) is 4. The Morgan fingerprint density at radius 1 is 1.11 bits per heavy atom. The molecule has 1 heterocycles. The van der Waals surface area contributed by atoms with Crippen molar-refractivity contribution in [2.24, 2.45) is 0 Å². The Balaban J connectivity index is 1.92. The number of nitrogens with one attached hydrogen (secondary N) is 1. The predicted molar refractivity (Wildman–Crippen MR) is 77.7 cm³/mol. The summed E-state index contributed by atoms with van der Waals surface area (Å²) in [5.74, 6) is 0. The van der Waals surface area contributed by atoms with E-state index in [1.165, 1.54) is 31.9 Å². The van der Waals surface area contributed by atoms with Gasteiger partial charge < -0.3 is 5.32 Å². The number of sulfonamides is 1. The van der Waals surface area contributed by atoms with Gasteiger partial charge >= 0.3 is 0 Å². The monoisotopic (exact) mass is 289 g/mol. The van der Waals surface area contributed by atoms with E-state index in [4.69, 9.17) is 0 Å². The lowest BCUT2D eigenvalue weighted by Gasteiger charge is -2.44. The van der Waals surface area contributed by atoms with Crippen LogP contribution >= 0.6 is 0 Å². The maximum absolute atomic E-state index is 11.5. The van der Waals surface area contributed by atoms with Crippen molar-refractivity contribution in [3.8, 4) is 0 Å². The molecule has 2 fully saturated rings. The molecule has 2 rings (SSSR count). The Bertz CT molecular complexity index is 375. The lowest BCUT2D eigenvalue weighted by Crippen LogP contribution is -2.58. The number of likely N-dealkylation sites (N-methyl/N-ethyl adjacent to an activating group) is 1. The van der Waals surface area contributed by atoms with E-state index < -0.39 is 10.0 Å². The van der Waals surface area contributed by atoms with Gasteiger partial charge in [0, 0.05) is 38.3 Å². The van der Waals surface area contributed by atoms with Gasteiger partial charge in [-0.2, -0.15) is 4.31 Å². The van der Waals surface area contributed by atoms with Gasteiger partial charge in [0.2, 0.25) is 10.0 Å². The smallest absolute Gasteiger partial charge is 0.211 e. The van der Waals surface area contributed by atoms with Crippen molar-refractivity contribution >= 4 is 10.0 Å². The Morgan fingerprint density at radius 2 is 1.74 bits per heavy atom. The molecule has 0 aromatic carbocycles. The largest absolute Gasteiger partial charge is 0.313 e. The predicted octanol–water partition coefficient (Wildman–Crippen LogP) is 0.484. The Morgan fingerprint density at radius 3 is 2.32 bits per heavy atom. The van der Waals surface area contributed by atoms with E-state index in [-0.39, 0.29) is 0 Å². The van der Waals surface area contributed by atoms with Crippen LogP contribution in [-0.2, 0) is 10.0 Å². The van der Waals surface area contributed by atoms with E-state index in [2.05, 4.69) is 17.1 Å². The van der Waals surface area contributed by atoms with Crippen molar-refractivity contribution in [1.82, 2.24) is 14.5 Å². The first-order valence-electron chi connectivity index (χ1n) is 7.45. The molecular formula is C13H27N3O2S. The fourth-order valence-corrected chi connectivity index (χ4v) is 4.24. The van der Waals surface area contributed by atoms with E-state index >= 15 is 0 Å². The van der Waals surface area contributed by atoms with Gasteiger partial charge in [0.25, 0.3) is 0 Å². The maximum Gasteiger partial charge on any atom is 0.211 e. The highest BCUT2D eigenvalue weighted by Gasteiger charge is 2.33. The third-order valence-corrected chi connectivity index (χ3v) is 5.71. The van der Waals surface area contributed by atoms with Crippen LogP contribution < -0.4 is 5.32 Å². The molecule has 1 N–H and O–H groups in total. The quantitative estimate of drug-likeness (QED) is 0.818. The zero-order chi connectivity index (χ0) is 13.9. The van der Waals surface area contributed by atoms with Gasteiger partial charge in [0.1, 0.15) is 0 Å². The number of piperazine rings is 1. The summed E-state index contributed by atoms with van der Waals surface area (Å²) < 4.78 is 24.7. The summed E-state index contributed by atoms with van der Waals surface area (Å²) in [6.45, 7) is 6.22. The first kappa shape index (κ1) is 15.2. The van der Waals surface area contributed by atoms with Gasteiger partial charge in [-0.15, -0.1) is 0 Å². The normalized spacial score (nSPS) is 31.5. The molecule has 0 aromatic rings. The minimum atomic E-state index is -3.01. The molecule has 2 unspecified atom stereocenters. The summed E-state index contributed by atoms with van der Waals surface area (Å²) in [7, 11) is -3.01. The topological polar surface area (TPSA) is 52.6 Å². The van der Waals surface area contributed by atoms with E-state index in [9.17, 15) is 8.42 Å². The van der Waals surface area contributed by atoms with Gasteiger partial charge in [-0.3, -0.25) is 4.90 Å². The maximum atomic E-state index is 11.5. The fraction of sp³-hybridized carbons (Fsp3) is 1.00. The molecule has 112 valence electrons. The van der Waals surface area contributed by atoms with Crippen LogP contribution in [0.1, 0.15) is 32.6 Å². The molecule has 0 amide bonds. The standard InChI is InChI=1S/C13H27N3O2S/c1-3-14-12-6-4-5-7-13(12)15-8-10-16(11-9-15)19(2,17)18/h12-14H,3-11H2,1-2H3. The molecule has 0 radical (unpaired) electrons.